The minimum Gasteiger partial charge on any atom is -0.361 e. The van der Waals surface area contributed by atoms with E-state index in [1.165, 1.54) is 11.1 Å². The molecule has 0 bridgehead atoms. The summed E-state index contributed by atoms with van der Waals surface area (Å²) < 4.78 is 0. The molecule has 0 saturated carbocycles. The molecule has 0 spiro atoms. The van der Waals surface area contributed by atoms with Gasteiger partial charge in [0.2, 0.25) is 0 Å². The SMILES string of the molecule is CCc1ccccc1NC=CC(=O)c1ccc(C(C)C)cc1. The smallest absolute Gasteiger partial charge is 0.187 e. The maximum atomic E-state index is 12.1. The number of para-hydroxylation sites is 1. The van der Waals surface area contributed by atoms with Crippen molar-refractivity contribution in [3.05, 3.63) is 77.5 Å². The monoisotopic (exact) mass is 293 g/mol. The number of anilines is 1. The van der Waals surface area contributed by atoms with Gasteiger partial charge in [-0.1, -0.05) is 63.2 Å². The van der Waals surface area contributed by atoms with Crippen molar-refractivity contribution in [1.29, 1.82) is 0 Å². The number of hydrogen-bond donors (Lipinski definition) is 1. The minimum atomic E-state index is 0.0109. The van der Waals surface area contributed by atoms with Gasteiger partial charge in [-0.05, 0) is 29.5 Å². The second kappa shape index (κ2) is 7.60. The third-order valence-corrected chi connectivity index (χ3v) is 3.73. The molecular formula is C20H23NO. The molecule has 0 unspecified atom stereocenters. The van der Waals surface area contributed by atoms with E-state index in [4.69, 9.17) is 0 Å². The average molecular weight is 293 g/mol. The number of ketones is 1. The van der Waals surface area contributed by atoms with Crippen molar-refractivity contribution >= 4 is 11.5 Å². The van der Waals surface area contributed by atoms with Crippen LogP contribution in [0, 0.1) is 0 Å². The van der Waals surface area contributed by atoms with E-state index in [-0.39, 0.29) is 5.78 Å². The van der Waals surface area contributed by atoms with E-state index < -0.39 is 0 Å². The van der Waals surface area contributed by atoms with Gasteiger partial charge in [-0.3, -0.25) is 4.79 Å². The number of nitrogens with one attached hydrogen (secondary N) is 1. The highest BCUT2D eigenvalue weighted by molar-refractivity contribution is 6.04. The van der Waals surface area contributed by atoms with E-state index in [2.05, 4.69) is 32.2 Å². The van der Waals surface area contributed by atoms with Crippen LogP contribution in [0.3, 0.4) is 0 Å². The maximum Gasteiger partial charge on any atom is 0.187 e. The molecule has 0 amide bonds. The Kier molecular flexibility index (Phi) is 5.54. The number of carbonyl (C=O) groups is 1. The van der Waals surface area contributed by atoms with Crippen LogP contribution in [0.5, 0.6) is 0 Å². The molecule has 1 N–H and O–H groups in total. The topological polar surface area (TPSA) is 29.1 Å². The lowest BCUT2D eigenvalue weighted by molar-refractivity contribution is 0.104. The molecule has 2 aromatic carbocycles. The van der Waals surface area contributed by atoms with E-state index in [9.17, 15) is 4.79 Å². The molecule has 0 saturated heterocycles. The quantitative estimate of drug-likeness (QED) is 0.587. The summed E-state index contributed by atoms with van der Waals surface area (Å²) in [5, 5.41) is 3.19. The van der Waals surface area contributed by atoms with Crippen LogP contribution in [-0.4, -0.2) is 5.78 Å². The first-order chi connectivity index (χ1) is 10.6. The van der Waals surface area contributed by atoms with Crippen LogP contribution in [0.4, 0.5) is 5.69 Å². The standard InChI is InChI=1S/C20H23NO/c1-4-16-7-5-6-8-19(16)21-14-13-20(22)18-11-9-17(10-12-18)15(2)3/h5-15,21H,4H2,1-3H3. The zero-order valence-corrected chi connectivity index (χ0v) is 13.5. The summed E-state index contributed by atoms with van der Waals surface area (Å²) in [7, 11) is 0. The fourth-order valence-corrected chi connectivity index (χ4v) is 2.31. The highest BCUT2D eigenvalue weighted by atomic mass is 16.1. The molecule has 0 aliphatic carbocycles. The van der Waals surface area contributed by atoms with E-state index >= 15 is 0 Å². The van der Waals surface area contributed by atoms with E-state index in [0.29, 0.717) is 11.5 Å². The molecular weight excluding hydrogens is 270 g/mol. The van der Waals surface area contributed by atoms with Gasteiger partial charge in [0.1, 0.15) is 0 Å². The van der Waals surface area contributed by atoms with Crippen LogP contribution in [0.15, 0.2) is 60.8 Å². The highest BCUT2D eigenvalue weighted by Gasteiger charge is 2.03. The van der Waals surface area contributed by atoms with Crippen LogP contribution < -0.4 is 5.32 Å². The number of hydrogen-bond acceptors (Lipinski definition) is 2. The summed E-state index contributed by atoms with van der Waals surface area (Å²) >= 11 is 0. The Hall–Kier alpha value is -2.35. The summed E-state index contributed by atoms with van der Waals surface area (Å²) in [6.45, 7) is 6.41. The molecule has 0 aliphatic heterocycles. The largest absolute Gasteiger partial charge is 0.361 e. The zero-order valence-electron chi connectivity index (χ0n) is 13.5. The van der Waals surface area contributed by atoms with Crippen molar-refractivity contribution in [2.75, 3.05) is 5.32 Å². The molecule has 0 fully saturated rings. The van der Waals surface area contributed by atoms with Crippen molar-refractivity contribution in [3.63, 3.8) is 0 Å². The molecule has 0 aliphatic rings. The number of aryl methyl sites for hydroxylation is 1. The second-order valence-electron chi connectivity index (χ2n) is 5.63. The van der Waals surface area contributed by atoms with Crippen molar-refractivity contribution in [2.24, 2.45) is 0 Å². The van der Waals surface area contributed by atoms with Crippen molar-refractivity contribution in [3.8, 4) is 0 Å². The summed E-state index contributed by atoms with van der Waals surface area (Å²) in [6.07, 6.45) is 4.26. The Morgan fingerprint density at radius 1 is 1.09 bits per heavy atom. The van der Waals surface area contributed by atoms with Gasteiger partial charge in [0.25, 0.3) is 0 Å². The molecule has 2 nitrogen and oxygen atoms in total. The van der Waals surface area contributed by atoms with Crippen LogP contribution in [0.1, 0.15) is 48.2 Å². The molecule has 114 valence electrons. The number of carbonyl (C=O) groups excluding carboxylic acids is 1. The van der Waals surface area contributed by atoms with E-state index in [0.717, 1.165) is 12.1 Å². The normalized spacial score (nSPS) is 11.1. The minimum absolute atomic E-state index is 0.0109. The Balaban J connectivity index is 2.02. The zero-order chi connectivity index (χ0) is 15.9. The average Bonchev–Trinajstić information content (AvgIpc) is 2.55. The fourth-order valence-electron chi connectivity index (χ4n) is 2.31. The maximum absolute atomic E-state index is 12.1. The summed E-state index contributed by atoms with van der Waals surface area (Å²) in [5.41, 5.74) is 4.24. The van der Waals surface area contributed by atoms with E-state index in [1.807, 2.05) is 42.5 Å². The fraction of sp³-hybridized carbons (Fsp3) is 0.250. The molecule has 2 aromatic rings. The highest BCUT2D eigenvalue weighted by Crippen LogP contribution is 2.16. The predicted molar refractivity (Wildman–Crippen MR) is 93.4 cm³/mol. The lowest BCUT2D eigenvalue weighted by atomic mass is 10.0. The van der Waals surface area contributed by atoms with Gasteiger partial charge in [0.15, 0.2) is 5.78 Å². The number of benzene rings is 2. The molecule has 22 heavy (non-hydrogen) atoms. The van der Waals surface area contributed by atoms with Crippen molar-refractivity contribution in [2.45, 2.75) is 33.1 Å². The molecule has 0 atom stereocenters. The predicted octanol–water partition coefficient (Wildman–Crippen LogP) is 5.18. The summed E-state index contributed by atoms with van der Waals surface area (Å²) in [5.74, 6) is 0.490. The van der Waals surface area contributed by atoms with Crippen LogP contribution in [0.25, 0.3) is 0 Å². The molecule has 0 aromatic heterocycles. The molecule has 2 rings (SSSR count). The molecule has 0 heterocycles. The lowest BCUT2D eigenvalue weighted by Crippen LogP contribution is -1.98. The third kappa shape index (κ3) is 4.08. The van der Waals surface area contributed by atoms with Crippen molar-refractivity contribution in [1.82, 2.24) is 0 Å². The van der Waals surface area contributed by atoms with Gasteiger partial charge in [-0.25, -0.2) is 0 Å². The summed E-state index contributed by atoms with van der Waals surface area (Å²) in [6, 6.07) is 15.9. The Morgan fingerprint density at radius 2 is 1.77 bits per heavy atom. The van der Waals surface area contributed by atoms with Crippen LogP contribution >= 0.6 is 0 Å². The van der Waals surface area contributed by atoms with Crippen molar-refractivity contribution < 1.29 is 4.79 Å². The van der Waals surface area contributed by atoms with Gasteiger partial charge in [-0.2, -0.15) is 0 Å². The van der Waals surface area contributed by atoms with Crippen LogP contribution in [0.2, 0.25) is 0 Å². The van der Waals surface area contributed by atoms with Gasteiger partial charge in [-0.15, -0.1) is 0 Å². The van der Waals surface area contributed by atoms with E-state index in [1.54, 1.807) is 12.3 Å². The second-order valence-corrected chi connectivity index (χ2v) is 5.63. The first kappa shape index (κ1) is 16.0. The Morgan fingerprint density at radius 3 is 2.41 bits per heavy atom. The van der Waals surface area contributed by atoms with Gasteiger partial charge < -0.3 is 5.32 Å². The first-order valence-corrected chi connectivity index (χ1v) is 7.77. The van der Waals surface area contributed by atoms with Gasteiger partial charge >= 0.3 is 0 Å². The number of allylic oxidation sites excluding steroid dienone is 1. The molecule has 0 radical (unpaired) electrons. The van der Waals surface area contributed by atoms with Gasteiger partial charge in [0, 0.05) is 23.5 Å². The van der Waals surface area contributed by atoms with Crippen LogP contribution in [-0.2, 0) is 6.42 Å². The Labute approximate surface area is 132 Å². The first-order valence-electron chi connectivity index (χ1n) is 7.77. The van der Waals surface area contributed by atoms with Gasteiger partial charge in [0.05, 0.1) is 0 Å². The lowest BCUT2D eigenvalue weighted by Gasteiger charge is -2.07. The summed E-state index contributed by atoms with van der Waals surface area (Å²) in [4.78, 5) is 12.1. The molecule has 2 heteroatoms. The number of rotatable bonds is 6. The Bertz CT molecular complexity index is 654. The third-order valence-electron chi connectivity index (χ3n) is 3.73.